The Kier molecular flexibility index (Phi) is 5.59. The van der Waals surface area contributed by atoms with Crippen molar-refractivity contribution < 1.29 is 9.53 Å². The number of halogens is 2. The third-order valence-electron chi connectivity index (χ3n) is 5.16. The fourth-order valence-electron chi connectivity index (χ4n) is 3.53. The maximum absolute atomic E-state index is 12.7. The first kappa shape index (κ1) is 21.5. The Labute approximate surface area is 206 Å². The molecule has 0 bridgehead atoms. The van der Waals surface area contributed by atoms with Crippen LogP contribution in [-0.4, -0.2) is 31.7 Å². The van der Waals surface area contributed by atoms with Gasteiger partial charge in [0.25, 0.3) is 0 Å². The molecule has 8 nitrogen and oxygen atoms in total. The van der Waals surface area contributed by atoms with Crippen molar-refractivity contribution in [3.8, 4) is 5.69 Å². The highest BCUT2D eigenvalue weighted by Gasteiger charge is 2.30. The number of carbonyl (C=O) groups excluding carboxylic acids is 1. The fraction of sp³-hybridized carbons (Fsp3) is 0.0870. The summed E-state index contributed by atoms with van der Waals surface area (Å²) in [6, 6.07) is 17.9. The van der Waals surface area contributed by atoms with Gasteiger partial charge in [0, 0.05) is 8.59 Å². The smallest absolute Gasteiger partial charge is 0.368 e. The van der Waals surface area contributed by atoms with Crippen LogP contribution in [0.25, 0.3) is 5.69 Å². The molecular weight excluding hydrogens is 557 g/mol. The molecule has 1 aliphatic heterocycles. The standard InChI is InChI=1S/C23H15ClIN5O3/c1-13-11-14(12-29-23(32)30(28-27-29)16-8-6-15(24)7-9-16)5-10-19(13)26-21-17-3-2-4-18(25)20(17)22(31)33-21/h2-11H,12H2,1H3. The zero-order chi connectivity index (χ0) is 23.1. The van der Waals surface area contributed by atoms with E-state index in [9.17, 15) is 9.59 Å². The zero-order valence-electron chi connectivity index (χ0n) is 17.2. The number of aliphatic imine (C=N–C) groups is 1. The molecule has 10 heteroatoms. The number of hydrogen-bond acceptors (Lipinski definition) is 6. The second kappa shape index (κ2) is 8.56. The molecule has 2 heterocycles. The van der Waals surface area contributed by atoms with Crippen molar-refractivity contribution in [3.63, 3.8) is 0 Å². The lowest BCUT2D eigenvalue weighted by molar-refractivity contribution is 0.0736. The summed E-state index contributed by atoms with van der Waals surface area (Å²) in [5.74, 6) is -0.113. The lowest BCUT2D eigenvalue weighted by atomic mass is 10.1. The van der Waals surface area contributed by atoms with Gasteiger partial charge in [0.1, 0.15) is 0 Å². The Morgan fingerprint density at radius 2 is 1.85 bits per heavy atom. The van der Waals surface area contributed by atoms with Crippen molar-refractivity contribution in [2.75, 3.05) is 0 Å². The number of nitrogens with zero attached hydrogens (tertiary/aromatic N) is 5. The molecule has 5 rings (SSSR count). The maximum atomic E-state index is 12.7. The van der Waals surface area contributed by atoms with Crippen molar-refractivity contribution in [1.29, 1.82) is 0 Å². The normalized spacial score (nSPS) is 13.9. The van der Waals surface area contributed by atoms with E-state index >= 15 is 0 Å². The molecule has 0 spiro atoms. The number of aromatic nitrogens is 4. The predicted octanol–water partition coefficient (Wildman–Crippen LogP) is 4.29. The van der Waals surface area contributed by atoms with Crippen LogP contribution in [0, 0.1) is 10.5 Å². The third-order valence-corrected chi connectivity index (χ3v) is 6.31. The molecule has 0 atom stereocenters. The van der Waals surface area contributed by atoms with Gasteiger partial charge in [-0.15, -0.1) is 0 Å². The minimum Gasteiger partial charge on any atom is -0.403 e. The number of cyclic esters (lactones) is 1. The molecule has 0 amide bonds. The van der Waals surface area contributed by atoms with E-state index in [0.29, 0.717) is 27.5 Å². The van der Waals surface area contributed by atoms with E-state index in [-0.39, 0.29) is 18.1 Å². The van der Waals surface area contributed by atoms with E-state index in [4.69, 9.17) is 16.3 Å². The molecule has 0 saturated carbocycles. The number of tetrazole rings is 1. The number of esters is 1. The first-order chi connectivity index (χ1) is 15.9. The van der Waals surface area contributed by atoms with E-state index < -0.39 is 5.97 Å². The van der Waals surface area contributed by atoms with Gasteiger partial charge in [-0.2, -0.15) is 9.36 Å². The first-order valence-corrected chi connectivity index (χ1v) is 11.3. The van der Waals surface area contributed by atoms with E-state index in [1.807, 2.05) is 43.3 Å². The number of hydrogen-bond donors (Lipinski definition) is 0. The summed E-state index contributed by atoms with van der Waals surface area (Å²) >= 11 is 8.02. The quantitative estimate of drug-likeness (QED) is 0.269. The van der Waals surface area contributed by atoms with Crippen LogP contribution in [0.15, 0.2) is 70.5 Å². The van der Waals surface area contributed by atoms with Crippen LogP contribution >= 0.6 is 34.2 Å². The van der Waals surface area contributed by atoms with Crippen LogP contribution in [0.5, 0.6) is 0 Å². The van der Waals surface area contributed by atoms with Crippen molar-refractivity contribution in [2.24, 2.45) is 4.99 Å². The third kappa shape index (κ3) is 4.09. The van der Waals surface area contributed by atoms with Crippen LogP contribution in [0.2, 0.25) is 5.02 Å². The maximum Gasteiger partial charge on any atom is 0.368 e. The van der Waals surface area contributed by atoms with Crippen LogP contribution in [0.3, 0.4) is 0 Å². The topological polar surface area (TPSA) is 91.4 Å². The average Bonchev–Trinajstić information content (AvgIpc) is 3.31. The predicted molar refractivity (Wildman–Crippen MR) is 132 cm³/mol. The van der Waals surface area contributed by atoms with E-state index in [1.165, 1.54) is 9.36 Å². The molecule has 0 N–H and O–H groups in total. The number of carbonyl (C=O) groups is 1. The Balaban J connectivity index is 1.41. The first-order valence-electron chi connectivity index (χ1n) is 9.89. The van der Waals surface area contributed by atoms with Gasteiger partial charge < -0.3 is 4.74 Å². The van der Waals surface area contributed by atoms with Crippen molar-refractivity contribution in [3.05, 3.63) is 102 Å². The molecule has 33 heavy (non-hydrogen) atoms. The summed E-state index contributed by atoms with van der Waals surface area (Å²) in [4.78, 5) is 29.5. The van der Waals surface area contributed by atoms with Gasteiger partial charge in [-0.3, -0.25) is 0 Å². The van der Waals surface area contributed by atoms with Crippen LogP contribution in [0.4, 0.5) is 5.69 Å². The molecule has 0 radical (unpaired) electrons. The van der Waals surface area contributed by atoms with Crippen molar-refractivity contribution in [2.45, 2.75) is 13.5 Å². The van der Waals surface area contributed by atoms with Gasteiger partial charge in [-0.1, -0.05) is 29.8 Å². The van der Waals surface area contributed by atoms with Crippen LogP contribution < -0.4 is 5.69 Å². The van der Waals surface area contributed by atoms with Crippen molar-refractivity contribution >= 4 is 51.7 Å². The number of fused-ring (bicyclic) bond motifs is 1. The molecule has 164 valence electrons. The second-order valence-electron chi connectivity index (χ2n) is 7.40. The van der Waals surface area contributed by atoms with E-state index in [1.54, 1.807) is 24.3 Å². The molecule has 1 aromatic heterocycles. The Morgan fingerprint density at radius 1 is 1.06 bits per heavy atom. The van der Waals surface area contributed by atoms with Gasteiger partial charge in [0.2, 0.25) is 5.90 Å². The Morgan fingerprint density at radius 3 is 2.61 bits per heavy atom. The highest BCUT2D eigenvalue weighted by Crippen LogP contribution is 2.28. The fourth-order valence-corrected chi connectivity index (χ4v) is 4.37. The van der Waals surface area contributed by atoms with Gasteiger partial charge in [-0.25, -0.2) is 14.6 Å². The molecule has 0 aliphatic carbocycles. The minimum absolute atomic E-state index is 0.250. The lowest BCUT2D eigenvalue weighted by Crippen LogP contribution is -2.24. The number of rotatable bonds is 4. The van der Waals surface area contributed by atoms with Gasteiger partial charge in [0.05, 0.1) is 29.0 Å². The molecule has 0 fully saturated rings. The zero-order valence-corrected chi connectivity index (χ0v) is 20.1. The molecule has 0 saturated heterocycles. The largest absolute Gasteiger partial charge is 0.403 e. The molecule has 4 aromatic rings. The molecule has 1 aliphatic rings. The van der Waals surface area contributed by atoms with Gasteiger partial charge in [0.15, 0.2) is 0 Å². The Hall–Kier alpha value is -3.31. The number of ether oxygens (including phenoxy) is 1. The van der Waals surface area contributed by atoms with E-state index in [2.05, 4.69) is 38.0 Å². The summed E-state index contributed by atoms with van der Waals surface area (Å²) in [5.41, 5.74) is 3.84. The van der Waals surface area contributed by atoms with Crippen LogP contribution in [-0.2, 0) is 11.3 Å². The van der Waals surface area contributed by atoms with Gasteiger partial charge >= 0.3 is 11.7 Å². The van der Waals surface area contributed by atoms with Crippen LogP contribution in [0.1, 0.15) is 27.0 Å². The highest BCUT2D eigenvalue weighted by atomic mass is 127. The van der Waals surface area contributed by atoms with E-state index in [0.717, 1.165) is 14.7 Å². The lowest BCUT2D eigenvalue weighted by Gasteiger charge is -2.06. The molecular formula is C23H15ClIN5O3. The summed E-state index contributed by atoms with van der Waals surface area (Å²) in [5, 5.41) is 8.52. The summed E-state index contributed by atoms with van der Waals surface area (Å²) < 4.78 is 8.72. The molecule has 3 aromatic carbocycles. The number of benzene rings is 3. The summed E-state index contributed by atoms with van der Waals surface area (Å²) in [7, 11) is 0. The summed E-state index contributed by atoms with van der Waals surface area (Å²) in [6.45, 7) is 2.16. The highest BCUT2D eigenvalue weighted by molar-refractivity contribution is 14.1. The minimum atomic E-state index is -0.397. The molecule has 0 unspecified atom stereocenters. The average molecular weight is 572 g/mol. The second-order valence-corrected chi connectivity index (χ2v) is 9.00. The SMILES string of the molecule is Cc1cc(Cn2nnn(-c3ccc(Cl)cc3)c2=O)ccc1N=C1OC(=O)c2c(I)cccc21. The van der Waals surface area contributed by atoms with Gasteiger partial charge in [-0.05, 0) is 93.5 Å². The number of aryl methyl sites for hydroxylation is 1. The monoisotopic (exact) mass is 571 g/mol. The summed E-state index contributed by atoms with van der Waals surface area (Å²) in [6.07, 6.45) is 0. The Bertz CT molecular complexity index is 1490. The van der Waals surface area contributed by atoms with Crippen molar-refractivity contribution in [1.82, 2.24) is 19.8 Å².